The Morgan fingerprint density at radius 3 is 2.56 bits per heavy atom. The number of carbonyl (C=O) groups is 1. The highest BCUT2D eigenvalue weighted by molar-refractivity contribution is 6.31. The van der Waals surface area contributed by atoms with E-state index in [4.69, 9.17) is 21.1 Å². The van der Waals surface area contributed by atoms with Crippen molar-refractivity contribution in [2.75, 3.05) is 0 Å². The van der Waals surface area contributed by atoms with Crippen LogP contribution in [0, 0.1) is 20.8 Å². The van der Waals surface area contributed by atoms with Crippen molar-refractivity contribution in [1.29, 1.82) is 0 Å². The van der Waals surface area contributed by atoms with Crippen LogP contribution in [0.3, 0.4) is 0 Å². The normalized spacial score (nSPS) is 18.1. The summed E-state index contributed by atoms with van der Waals surface area (Å²) >= 11 is 6.40. The second-order valence-electron chi connectivity index (χ2n) is 9.61. The van der Waals surface area contributed by atoms with E-state index in [1.54, 1.807) is 12.1 Å². The molecule has 5 nitrogen and oxygen atoms in total. The molecule has 0 bridgehead atoms. The Morgan fingerprint density at radius 1 is 1.22 bits per heavy atom. The molecule has 0 saturated carbocycles. The Hall–Kier alpha value is -2.40. The maximum atomic E-state index is 11.4. The van der Waals surface area contributed by atoms with E-state index in [1.807, 2.05) is 26.8 Å². The number of aromatic hydroxyl groups is 1. The van der Waals surface area contributed by atoms with E-state index in [1.165, 1.54) is 13.8 Å². The largest absolute Gasteiger partial charge is 0.507 e. The molecule has 1 atom stereocenters. The fraction of sp³-hybridized carbons (Fsp3) is 0.500. The second-order valence-corrected chi connectivity index (χ2v) is 10.0. The van der Waals surface area contributed by atoms with Crippen LogP contribution in [0.5, 0.6) is 17.2 Å². The van der Waals surface area contributed by atoms with E-state index in [0.717, 1.165) is 65.7 Å². The summed E-state index contributed by atoms with van der Waals surface area (Å²) < 4.78 is 12.2. The highest BCUT2D eigenvalue weighted by Gasteiger charge is 2.34. The standard InChI is InChI=1S/C26H33ClO5/c1-15-16(2)23-20(17(3)22(15)28)11-13-26(6,32-23)12-7-8-18-14-19(9-10-21(18)27)31-25(4,5)24(29)30/h9-10,14,28H,7-8,11-13H2,1-6H3,(H,29,30)/t26-/m1/s1. The van der Waals surface area contributed by atoms with E-state index in [-0.39, 0.29) is 5.60 Å². The van der Waals surface area contributed by atoms with Gasteiger partial charge in [0.15, 0.2) is 5.60 Å². The van der Waals surface area contributed by atoms with Gasteiger partial charge in [-0.3, -0.25) is 0 Å². The number of halogens is 1. The van der Waals surface area contributed by atoms with Gasteiger partial charge in [-0.1, -0.05) is 11.6 Å². The minimum atomic E-state index is -1.32. The molecule has 3 rings (SSSR count). The number of hydrogen-bond donors (Lipinski definition) is 2. The first kappa shape index (κ1) is 24.2. The van der Waals surface area contributed by atoms with Crippen LogP contribution in [-0.4, -0.2) is 27.4 Å². The van der Waals surface area contributed by atoms with Gasteiger partial charge in [-0.15, -0.1) is 0 Å². The van der Waals surface area contributed by atoms with Crippen LogP contribution < -0.4 is 9.47 Å². The van der Waals surface area contributed by atoms with Gasteiger partial charge in [-0.2, -0.15) is 0 Å². The molecule has 1 heterocycles. The molecule has 1 aliphatic rings. The summed E-state index contributed by atoms with van der Waals surface area (Å²) in [6.07, 6.45) is 4.22. The van der Waals surface area contributed by atoms with Crippen LogP contribution in [0.2, 0.25) is 5.02 Å². The lowest BCUT2D eigenvalue weighted by Gasteiger charge is -2.38. The first-order chi connectivity index (χ1) is 14.8. The van der Waals surface area contributed by atoms with E-state index in [9.17, 15) is 15.0 Å². The molecule has 2 N–H and O–H groups in total. The van der Waals surface area contributed by atoms with Crippen molar-refractivity contribution in [3.05, 3.63) is 51.0 Å². The van der Waals surface area contributed by atoms with Crippen molar-refractivity contribution in [2.45, 2.75) is 84.8 Å². The van der Waals surface area contributed by atoms with E-state index < -0.39 is 11.6 Å². The summed E-state index contributed by atoms with van der Waals surface area (Å²) in [5.74, 6) is 0.755. The van der Waals surface area contributed by atoms with Crippen molar-refractivity contribution < 1.29 is 24.5 Å². The number of aliphatic carboxylic acids is 1. The maximum Gasteiger partial charge on any atom is 0.347 e. The number of fused-ring (bicyclic) bond motifs is 1. The molecule has 174 valence electrons. The van der Waals surface area contributed by atoms with Crippen molar-refractivity contribution in [3.8, 4) is 17.2 Å². The minimum absolute atomic E-state index is 0.292. The van der Waals surface area contributed by atoms with Gasteiger partial charge in [0.25, 0.3) is 0 Å². The molecule has 1 aliphatic heterocycles. The van der Waals surface area contributed by atoms with Crippen LogP contribution in [-0.2, 0) is 17.6 Å². The molecule has 0 radical (unpaired) electrons. The lowest BCUT2D eigenvalue weighted by Crippen LogP contribution is -2.37. The quantitative estimate of drug-likeness (QED) is 0.505. The van der Waals surface area contributed by atoms with Gasteiger partial charge >= 0.3 is 5.97 Å². The molecular weight excluding hydrogens is 428 g/mol. The van der Waals surface area contributed by atoms with Crippen LogP contribution in [0.25, 0.3) is 0 Å². The predicted octanol–water partition coefficient (Wildman–Crippen LogP) is 6.32. The Kier molecular flexibility index (Phi) is 6.71. The number of carboxylic acids is 1. The topological polar surface area (TPSA) is 76.0 Å². The molecule has 0 spiro atoms. The molecule has 0 unspecified atom stereocenters. The monoisotopic (exact) mass is 460 g/mol. The van der Waals surface area contributed by atoms with Gasteiger partial charge in [0, 0.05) is 10.6 Å². The maximum absolute atomic E-state index is 11.4. The van der Waals surface area contributed by atoms with Gasteiger partial charge in [-0.05, 0) is 114 Å². The first-order valence-corrected chi connectivity index (χ1v) is 11.4. The lowest BCUT2D eigenvalue weighted by molar-refractivity contribution is -0.152. The van der Waals surface area contributed by atoms with Crippen LogP contribution in [0.1, 0.15) is 67.9 Å². The molecule has 2 aromatic rings. The SMILES string of the molecule is Cc1c(C)c2c(c(C)c1O)CC[C@@](C)(CCCc1cc(OC(C)(C)C(=O)O)ccc1Cl)O2. The molecule has 2 aromatic carbocycles. The smallest absolute Gasteiger partial charge is 0.347 e. The van der Waals surface area contributed by atoms with Crippen LogP contribution in [0.4, 0.5) is 0 Å². The highest BCUT2D eigenvalue weighted by atomic mass is 35.5. The van der Waals surface area contributed by atoms with E-state index in [2.05, 4.69) is 6.92 Å². The third-order valence-electron chi connectivity index (χ3n) is 6.65. The van der Waals surface area contributed by atoms with Crippen molar-refractivity contribution in [3.63, 3.8) is 0 Å². The van der Waals surface area contributed by atoms with Gasteiger partial charge in [0.1, 0.15) is 22.8 Å². The van der Waals surface area contributed by atoms with Crippen LogP contribution in [0.15, 0.2) is 18.2 Å². The fourth-order valence-corrected chi connectivity index (χ4v) is 4.48. The molecule has 0 aromatic heterocycles. The van der Waals surface area contributed by atoms with Crippen molar-refractivity contribution in [1.82, 2.24) is 0 Å². The zero-order valence-electron chi connectivity index (χ0n) is 19.8. The average molecular weight is 461 g/mol. The van der Waals surface area contributed by atoms with Crippen LogP contribution >= 0.6 is 11.6 Å². The zero-order valence-corrected chi connectivity index (χ0v) is 20.5. The summed E-state index contributed by atoms with van der Waals surface area (Å²) in [6, 6.07) is 5.27. The Morgan fingerprint density at radius 2 is 1.91 bits per heavy atom. The number of hydrogen-bond acceptors (Lipinski definition) is 4. The third kappa shape index (κ3) is 4.83. The van der Waals surface area contributed by atoms with Gasteiger partial charge in [0.05, 0.1) is 0 Å². The van der Waals surface area contributed by atoms with Gasteiger partial charge in [-0.25, -0.2) is 4.79 Å². The average Bonchev–Trinajstić information content (AvgIpc) is 2.72. The van der Waals surface area contributed by atoms with Gasteiger partial charge < -0.3 is 19.7 Å². The number of phenolic OH excluding ortho intramolecular Hbond substituents is 1. The summed E-state index contributed by atoms with van der Waals surface area (Å²) in [5, 5.41) is 20.3. The molecule has 32 heavy (non-hydrogen) atoms. The number of aryl methyl sites for hydroxylation is 1. The Bertz CT molecular complexity index is 1040. The summed E-state index contributed by atoms with van der Waals surface area (Å²) in [4.78, 5) is 11.4. The second kappa shape index (κ2) is 8.86. The summed E-state index contributed by atoms with van der Waals surface area (Å²) in [6.45, 7) is 11.1. The number of rotatable bonds is 7. The van der Waals surface area contributed by atoms with Gasteiger partial charge in [0.2, 0.25) is 0 Å². The summed E-state index contributed by atoms with van der Waals surface area (Å²) in [7, 11) is 0. The van der Waals surface area contributed by atoms with E-state index in [0.29, 0.717) is 16.5 Å². The molecular formula is C26H33ClO5. The number of ether oxygens (including phenoxy) is 2. The molecule has 0 aliphatic carbocycles. The van der Waals surface area contributed by atoms with Crippen molar-refractivity contribution in [2.24, 2.45) is 0 Å². The first-order valence-electron chi connectivity index (χ1n) is 11.1. The zero-order chi connectivity index (χ0) is 23.8. The molecule has 0 saturated heterocycles. The molecule has 0 amide bonds. The Balaban J connectivity index is 1.70. The number of phenols is 1. The minimum Gasteiger partial charge on any atom is -0.507 e. The molecule has 0 fully saturated rings. The van der Waals surface area contributed by atoms with E-state index >= 15 is 0 Å². The predicted molar refractivity (Wildman–Crippen MR) is 126 cm³/mol. The Labute approximate surface area is 195 Å². The van der Waals surface area contributed by atoms with Crippen molar-refractivity contribution >= 4 is 17.6 Å². The number of carboxylic acid groups (broad SMARTS) is 1. The lowest BCUT2D eigenvalue weighted by atomic mass is 9.84. The number of benzene rings is 2. The molecule has 6 heteroatoms. The highest BCUT2D eigenvalue weighted by Crippen LogP contribution is 2.44. The fourth-order valence-electron chi connectivity index (χ4n) is 4.27. The summed E-state index contributed by atoms with van der Waals surface area (Å²) in [5.41, 5.74) is 3.22. The third-order valence-corrected chi connectivity index (χ3v) is 7.02.